The number of benzene rings is 1. The number of piperidine rings is 1. The van der Waals surface area contributed by atoms with E-state index in [1.165, 1.54) is 5.56 Å². The molecule has 116 valence electrons. The maximum Gasteiger partial charge on any atom is 0.321 e. The number of rotatable bonds is 4. The van der Waals surface area contributed by atoms with Crippen LogP contribution in [0.5, 0.6) is 0 Å². The van der Waals surface area contributed by atoms with Crippen LogP contribution in [-0.2, 0) is 6.42 Å². The molecule has 21 heavy (non-hydrogen) atoms. The van der Waals surface area contributed by atoms with E-state index < -0.39 is 0 Å². The summed E-state index contributed by atoms with van der Waals surface area (Å²) in [5, 5.41) is 12.5. The molecule has 1 aliphatic heterocycles. The zero-order valence-corrected chi connectivity index (χ0v) is 13.1. The number of hydrogen-bond donors (Lipinski definition) is 2. The first kappa shape index (κ1) is 15.8. The lowest BCUT2D eigenvalue weighted by Crippen LogP contribution is -2.46. The molecule has 0 atom stereocenters. The Kier molecular flexibility index (Phi) is 5.23. The number of aryl methyl sites for hydroxylation is 1. The molecule has 0 spiro atoms. The van der Waals surface area contributed by atoms with Gasteiger partial charge in [0.15, 0.2) is 0 Å². The van der Waals surface area contributed by atoms with Gasteiger partial charge in [-0.25, -0.2) is 4.79 Å². The minimum absolute atomic E-state index is 0.0128. The fourth-order valence-electron chi connectivity index (χ4n) is 2.88. The van der Waals surface area contributed by atoms with E-state index in [1.54, 1.807) is 0 Å². The van der Waals surface area contributed by atoms with Crippen molar-refractivity contribution in [2.45, 2.75) is 39.5 Å². The lowest BCUT2D eigenvalue weighted by Gasteiger charge is -2.40. The van der Waals surface area contributed by atoms with Gasteiger partial charge < -0.3 is 15.3 Å². The first-order valence-electron chi connectivity index (χ1n) is 7.88. The third-order valence-corrected chi connectivity index (χ3v) is 4.78. The van der Waals surface area contributed by atoms with E-state index in [9.17, 15) is 9.90 Å². The van der Waals surface area contributed by atoms with Gasteiger partial charge in [0.25, 0.3) is 0 Å². The normalized spacial score (nSPS) is 17.6. The predicted molar refractivity (Wildman–Crippen MR) is 85.5 cm³/mol. The summed E-state index contributed by atoms with van der Waals surface area (Å²) in [4.78, 5) is 14.2. The van der Waals surface area contributed by atoms with Crippen LogP contribution in [0.2, 0.25) is 0 Å². The number of amides is 2. The van der Waals surface area contributed by atoms with E-state index in [0.29, 0.717) is 13.1 Å². The second-order valence-electron chi connectivity index (χ2n) is 5.98. The summed E-state index contributed by atoms with van der Waals surface area (Å²) < 4.78 is 0. The Morgan fingerprint density at radius 3 is 2.62 bits per heavy atom. The van der Waals surface area contributed by atoms with Crippen LogP contribution >= 0.6 is 0 Å². The molecule has 2 N–H and O–H groups in total. The Morgan fingerprint density at radius 1 is 1.33 bits per heavy atom. The molecule has 1 heterocycles. The Morgan fingerprint density at radius 2 is 2.05 bits per heavy atom. The highest BCUT2D eigenvalue weighted by atomic mass is 16.3. The van der Waals surface area contributed by atoms with Gasteiger partial charge in [-0.2, -0.15) is 0 Å². The number of carbonyl (C=O) groups is 1. The molecule has 0 unspecified atom stereocenters. The standard InChI is InChI=1S/C17H26N2O2/c1-3-14-6-5-7-15(12-14)18-16(21)19-10-8-17(4-2,13-20)9-11-19/h5-7,12,20H,3-4,8-11,13H2,1-2H3,(H,18,21). The highest BCUT2D eigenvalue weighted by Gasteiger charge is 2.33. The molecule has 1 saturated heterocycles. The molecule has 1 aromatic carbocycles. The molecule has 0 aromatic heterocycles. The molecule has 1 fully saturated rings. The van der Waals surface area contributed by atoms with Gasteiger partial charge >= 0.3 is 6.03 Å². The van der Waals surface area contributed by atoms with Crippen molar-refractivity contribution in [1.82, 2.24) is 4.90 Å². The number of hydrogen-bond acceptors (Lipinski definition) is 2. The number of aliphatic hydroxyl groups excluding tert-OH is 1. The second-order valence-corrected chi connectivity index (χ2v) is 5.98. The highest BCUT2D eigenvalue weighted by molar-refractivity contribution is 5.89. The lowest BCUT2D eigenvalue weighted by molar-refractivity contribution is 0.0542. The number of aliphatic hydroxyl groups is 1. The first-order chi connectivity index (χ1) is 10.1. The second kappa shape index (κ2) is 6.94. The number of nitrogens with zero attached hydrogens (tertiary/aromatic N) is 1. The van der Waals surface area contributed by atoms with Crippen molar-refractivity contribution < 1.29 is 9.90 Å². The molecule has 1 aliphatic rings. The minimum atomic E-state index is -0.0362. The number of anilines is 1. The van der Waals surface area contributed by atoms with Crippen LogP contribution in [-0.4, -0.2) is 35.7 Å². The van der Waals surface area contributed by atoms with Crippen LogP contribution in [0.25, 0.3) is 0 Å². The van der Waals surface area contributed by atoms with E-state index in [2.05, 4.69) is 25.2 Å². The SMILES string of the molecule is CCc1cccc(NC(=O)N2CCC(CC)(CO)CC2)c1. The Labute approximate surface area is 127 Å². The van der Waals surface area contributed by atoms with Crippen LogP contribution in [0.15, 0.2) is 24.3 Å². The molecule has 0 saturated carbocycles. The number of nitrogens with one attached hydrogen (secondary N) is 1. The van der Waals surface area contributed by atoms with Crippen LogP contribution in [0.1, 0.15) is 38.7 Å². The van der Waals surface area contributed by atoms with Crippen molar-refractivity contribution in [3.05, 3.63) is 29.8 Å². The lowest BCUT2D eigenvalue weighted by atomic mass is 9.77. The summed E-state index contributed by atoms with van der Waals surface area (Å²) in [7, 11) is 0. The summed E-state index contributed by atoms with van der Waals surface area (Å²) >= 11 is 0. The maximum atomic E-state index is 12.3. The van der Waals surface area contributed by atoms with E-state index in [4.69, 9.17) is 0 Å². The fourth-order valence-corrected chi connectivity index (χ4v) is 2.88. The van der Waals surface area contributed by atoms with Crippen LogP contribution in [0.3, 0.4) is 0 Å². The van der Waals surface area contributed by atoms with E-state index >= 15 is 0 Å². The van der Waals surface area contributed by atoms with Crippen molar-refractivity contribution in [3.8, 4) is 0 Å². The quantitative estimate of drug-likeness (QED) is 0.894. The van der Waals surface area contributed by atoms with Crippen LogP contribution in [0.4, 0.5) is 10.5 Å². The van der Waals surface area contributed by atoms with Gasteiger partial charge in [0.2, 0.25) is 0 Å². The van der Waals surface area contributed by atoms with Crippen LogP contribution < -0.4 is 5.32 Å². The van der Waals surface area contributed by atoms with Gasteiger partial charge in [0.1, 0.15) is 0 Å². The smallest absolute Gasteiger partial charge is 0.321 e. The molecular weight excluding hydrogens is 264 g/mol. The summed E-state index contributed by atoms with van der Waals surface area (Å²) in [6.07, 6.45) is 3.69. The van der Waals surface area contributed by atoms with Crippen molar-refractivity contribution in [1.29, 1.82) is 0 Å². The van der Waals surface area contributed by atoms with Gasteiger partial charge in [-0.15, -0.1) is 0 Å². The first-order valence-corrected chi connectivity index (χ1v) is 7.88. The van der Waals surface area contributed by atoms with Gasteiger partial charge in [0, 0.05) is 25.4 Å². The Hall–Kier alpha value is -1.55. The molecule has 4 heteroatoms. The summed E-state index contributed by atoms with van der Waals surface area (Å²) in [5.41, 5.74) is 2.09. The molecule has 2 rings (SSSR count). The van der Waals surface area contributed by atoms with E-state index in [-0.39, 0.29) is 18.1 Å². The summed E-state index contributed by atoms with van der Waals surface area (Å²) in [6.45, 7) is 5.87. The van der Waals surface area contributed by atoms with Crippen molar-refractivity contribution in [3.63, 3.8) is 0 Å². The number of urea groups is 1. The highest BCUT2D eigenvalue weighted by Crippen LogP contribution is 2.34. The zero-order chi connectivity index (χ0) is 15.3. The van der Waals surface area contributed by atoms with Gasteiger partial charge in [-0.3, -0.25) is 0 Å². The monoisotopic (exact) mass is 290 g/mol. The third kappa shape index (κ3) is 3.76. The van der Waals surface area contributed by atoms with Crippen molar-refractivity contribution >= 4 is 11.7 Å². The third-order valence-electron chi connectivity index (χ3n) is 4.78. The average molecular weight is 290 g/mol. The van der Waals surface area contributed by atoms with Gasteiger partial charge in [0.05, 0.1) is 0 Å². The molecular formula is C17H26N2O2. The zero-order valence-electron chi connectivity index (χ0n) is 13.1. The molecule has 0 radical (unpaired) electrons. The topological polar surface area (TPSA) is 52.6 Å². The van der Waals surface area contributed by atoms with Crippen molar-refractivity contribution in [2.75, 3.05) is 25.0 Å². The fraction of sp³-hybridized carbons (Fsp3) is 0.588. The van der Waals surface area contributed by atoms with E-state index in [0.717, 1.165) is 31.4 Å². The van der Waals surface area contributed by atoms with E-state index in [1.807, 2.05) is 23.1 Å². The average Bonchev–Trinajstić information content (AvgIpc) is 2.55. The maximum absolute atomic E-state index is 12.3. The molecule has 0 bridgehead atoms. The number of carbonyl (C=O) groups excluding carboxylic acids is 1. The van der Waals surface area contributed by atoms with Crippen LogP contribution in [0, 0.1) is 5.41 Å². The predicted octanol–water partition coefficient (Wildman–Crippen LogP) is 3.27. The molecule has 2 amide bonds. The molecule has 4 nitrogen and oxygen atoms in total. The number of likely N-dealkylation sites (tertiary alicyclic amines) is 1. The van der Waals surface area contributed by atoms with Gasteiger partial charge in [-0.1, -0.05) is 26.0 Å². The van der Waals surface area contributed by atoms with Crippen molar-refractivity contribution in [2.24, 2.45) is 5.41 Å². The minimum Gasteiger partial charge on any atom is -0.396 e. The Bertz CT molecular complexity index is 473. The summed E-state index contributed by atoms with van der Waals surface area (Å²) in [6, 6.07) is 7.94. The van der Waals surface area contributed by atoms with Gasteiger partial charge in [-0.05, 0) is 48.8 Å². The largest absolute Gasteiger partial charge is 0.396 e. The molecule has 0 aliphatic carbocycles. The molecule has 1 aromatic rings. The summed E-state index contributed by atoms with van der Waals surface area (Å²) in [5.74, 6) is 0. The Balaban J connectivity index is 1.93.